The Labute approximate surface area is 107 Å². The van der Waals surface area contributed by atoms with Gasteiger partial charge in [-0.2, -0.15) is 0 Å². The van der Waals surface area contributed by atoms with E-state index in [9.17, 15) is 9.59 Å². The first-order valence-electron chi connectivity index (χ1n) is 6.11. The van der Waals surface area contributed by atoms with E-state index in [1.807, 2.05) is 49.4 Å². The number of benzene rings is 2. The predicted octanol–water partition coefficient (Wildman–Crippen LogP) is 3.64. The Kier molecular flexibility index (Phi) is 3.56. The van der Waals surface area contributed by atoms with Crippen molar-refractivity contribution in [3.63, 3.8) is 0 Å². The third kappa shape index (κ3) is 2.48. The van der Waals surface area contributed by atoms with Gasteiger partial charge < -0.3 is 4.79 Å². The molecule has 0 fully saturated rings. The Morgan fingerprint density at radius 2 is 1.72 bits per heavy atom. The number of Topliss-reactive ketones (excluding diaryl/α,β-unsaturated/α-hetero) is 2. The van der Waals surface area contributed by atoms with Gasteiger partial charge in [0.05, 0.1) is 0 Å². The SMILES string of the molecule is CC(=O)CC(C)C(=O)c1cccc2ccccc12. The van der Waals surface area contributed by atoms with Crippen LogP contribution in [0, 0.1) is 5.92 Å². The van der Waals surface area contributed by atoms with Crippen LogP contribution in [-0.4, -0.2) is 11.6 Å². The van der Waals surface area contributed by atoms with Crippen molar-refractivity contribution in [3.8, 4) is 0 Å². The molecule has 0 saturated heterocycles. The molecule has 0 saturated carbocycles. The van der Waals surface area contributed by atoms with Crippen molar-refractivity contribution in [3.05, 3.63) is 48.0 Å². The maximum atomic E-state index is 12.3. The molecule has 92 valence electrons. The molecule has 2 heteroatoms. The third-order valence-electron chi connectivity index (χ3n) is 3.10. The molecule has 0 bridgehead atoms. The molecule has 1 atom stereocenters. The zero-order valence-corrected chi connectivity index (χ0v) is 10.6. The quantitative estimate of drug-likeness (QED) is 0.765. The Balaban J connectivity index is 2.42. The summed E-state index contributed by atoms with van der Waals surface area (Å²) in [6.45, 7) is 3.33. The molecule has 0 radical (unpaired) electrons. The molecule has 0 N–H and O–H groups in total. The fourth-order valence-corrected chi connectivity index (χ4v) is 2.23. The minimum Gasteiger partial charge on any atom is -0.300 e. The van der Waals surface area contributed by atoms with Crippen molar-refractivity contribution in [1.82, 2.24) is 0 Å². The van der Waals surface area contributed by atoms with Crippen molar-refractivity contribution in [2.75, 3.05) is 0 Å². The van der Waals surface area contributed by atoms with E-state index in [1.54, 1.807) is 0 Å². The lowest BCUT2D eigenvalue weighted by atomic mass is 9.92. The van der Waals surface area contributed by atoms with E-state index in [-0.39, 0.29) is 17.5 Å². The fraction of sp³-hybridized carbons (Fsp3) is 0.250. The zero-order valence-electron chi connectivity index (χ0n) is 10.6. The van der Waals surface area contributed by atoms with Crippen LogP contribution in [0.15, 0.2) is 42.5 Å². The van der Waals surface area contributed by atoms with Crippen LogP contribution in [0.25, 0.3) is 10.8 Å². The van der Waals surface area contributed by atoms with E-state index in [2.05, 4.69) is 0 Å². The van der Waals surface area contributed by atoms with E-state index in [4.69, 9.17) is 0 Å². The molecule has 2 aromatic carbocycles. The normalized spacial score (nSPS) is 12.3. The van der Waals surface area contributed by atoms with Crippen molar-refractivity contribution in [2.24, 2.45) is 5.92 Å². The Morgan fingerprint density at radius 3 is 2.44 bits per heavy atom. The van der Waals surface area contributed by atoms with Gasteiger partial charge in [0.15, 0.2) is 5.78 Å². The lowest BCUT2D eigenvalue weighted by Gasteiger charge is -2.10. The largest absolute Gasteiger partial charge is 0.300 e. The number of carbonyl (C=O) groups is 2. The molecule has 1 unspecified atom stereocenters. The van der Waals surface area contributed by atoms with Gasteiger partial charge in [0.25, 0.3) is 0 Å². The summed E-state index contributed by atoms with van der Waals surface area (Å²) >= 11 is 0. The van der Waals surface area contributed by atoms with Gasteiger partial charge in [0, 0.05) is 17.9 Å². The highest BCUT2D eigenvalue weighted by Crippen LogP contribution is 2.22. The maximum Gasteiger partial charge on any atom is 0.166 e. The van der Waals surface area contributed by atoms with Crippen molar-refractivity contribution < 1.29 is 9.59 Å². The molecule has 0 heterocycles. The molecule has 18 heavy (non-hydrogen) atoms. The van der Waals surface area contributed by atoms with Crippen LogP contribution < -0.4 is 0 Å². The lowest BCUT2D eigenvalue weighted by Crippen LogP contribution is -2.14. The number of fused-ring (bicyclic) bond motifs is 1. The van der Waals surface area contributed by atoms with Crippen LogP contribution in [0.4, 0.5) is 0 Å². The summed E-state index contributed by atoms with van der Waals surface area (Å²) in [6.07, 6.45) is 0.308. The number of rotatable bonds is 4. The second kappa shape index (κ2) is 5.13. The summed E-state index contributed by atoms with van der Waals surface area (Å²) < 4.78 is 0. The van der Waals surface area contributed by atoms with Crippen LogP contribution in [0.3, 0.4) is 0 Å². The van der Waals surface area contributed by atoms with Crippen molar-refractivity contribution in [1.29, 1.82) is 0 Å². The van der Waals surface area contributed by atoms with E-state index < -0.39 is 0 Å². The Hall–Kier alpha value is -1.96. The van der Waals surface area contributed by atoms with Crippen LogP contribution >= 0.6 is 0 Å². The number of hydrogen-bond donors (Lipinski definition) is 0. The molecule has 0 aliphatic rings. The van der Waals surface area contributed by atoms with Gasteiger partial charge in [-0.1, -0.05) is 49.4 Å². The average molecular weight is 240 g/mol. The van der Waals surface area contributed by atoms with E-state index >= 15 is 0 Å². The molecule has 2 nitrogen and oxygen atoms in total. The highest BCUT2D eigenvalue weighted by atomic mass is 16.1. The van der Waals surface area contributed by atoms with E-state index in [1.165, 1.54) is 6.92 Å². The maximum absolute atomic E-state index is 12.3. The molecule has 0 aliphatic heterocycles. The highest BCUT2D eigenvalue weighted by Gasteiger charge is 2.18. The summed E-state index contributed by atoms with van der Waals surface area (Å²) in [6, 6.07) is 13.5. The molecule has 2 rings (SSSR count). The van der Waals surface area contributed by atoms with Gasteiger partial charge in [0.2, 0.25) is 0 Å². The standard InChI is InChI=1S/C16H16O2/c1-11(10-12(2)17)16(18)15-9-5-7-13-6-3-4-8-14(13)15/h3-9,11H,10H2,1-2H3. The van der Waals surface area contributed by atoms with Crippen molar-refractivity contribution in [2.45, 2.75) is 20.3 Å². The van der Waals surface area contributed by atoms with Gasteiger partial charge in [-0.15, -0.1) is 0 Å². The summed E-state index contributed by atoms with van der Waals surface area (Å²) in [5.41, 5.74) is 0.710. The first-order valence-corrected chi connectivity index (χ1v) is 6.11. The second-order valence-electron chi connectivity index (χ2n) is 4.70. The number of carbonyl (C=O) groups excluding carboxylic acids is 2. The van der Waals surface area contributed by atoms with Crippen LogP contribution in [-0.2, 0) is 4.79 Å². The van der Waals surface area contributed by atoms with Crippen molar-refractivity contribution >= 4 is 22.3 Å². The third-order valence-corrected chi connectivity index (χ3v) is 3.10. The van der Waals surface area contributed by atoms with Crippen LogP contribution in [0.5, 0.6) is 0 Å². The number of hydrogen-bond acceptors (Lipinski definition) is 2. The smallest absolute Gasteiger partial charge is 0.166 e. The molecular formula is C16H16O2. The molecule has 0 amide bonds. The topological polar surface area (TPSA) is 34.1 Å². The summed E-state index contributed by atoms with van der Waals surface area (Å²) in [7, 11) is 0. The van der Waals surface area contributed by atoms with Crippen LogP contribution in [0.2, 0.25) is 0 Å². The molecular weight excluding hydrogens is 224 g/mol. The van der Waals surface area contributed by atoms with E-state index in [0.29, 0.717) is 12.0 Å². The van der Waals surface area contributed by atoms with Gasteiger partial charge in [-0.05, 0) is 17.7 Å². The average Bonchev–Trinajstić information content (AvgIpc) is 2.36. The van der Waals surface area contributed by atoms with E-state index in [0.717, 1.165) is 10.8 Å². The fourth-order valence-electron chi connectivity index (χ4n) is 2.23. The molecule has 0 aromatic heterocycles. The molecule has 2 aromatic rings. The monoisotopic (exact) mass is 240 g/mol. The first-order chi connectivity index (χ1) is 8.59. The summed E-state index contributed by atoms with van der Waals surface area (Å²) in [4.78, 5) is 23.4. The van der Waals surface area contributed by atoms with Crippen LogP contribution in [0.1, 0.15) is 30.6 Å². The van der Waals surface area contributed by atoms with Gasteiger partial charge in [-0.25, -0.2) is 0 Å². The second-order valence-corrected chi connectivity index (χ2v) is 4.70. The molecule has 0 aliphatic carbocycles. The number of ketones is 2. The van der Waals surface area contributed by atoms with Gasteiger partial charge in [-0.3, -0.25) is 4.79 Å². The predicted molar refractivity (Wildman–Crippen MR) is 72.7 cm³/mol. The van der Waals surface area contributed by atoms with Gasteiger partial charge in [0.1, 0.15) is 5.78 Å². The highest BCUT2D eigenvalue weighted by molar-refractivity contribution is 6.09. The molecule has 0 spiro atoms. The summed E-state index contributed by atoms with van der Waals surface area (Å²) in [5.74, 6) is -0.161. The Bertz CT molecular complexity index is 594. The minimum absolute atomic E-state index is 0.0435. The summed E-state index contributed by atoms with van der Waals surface area (Å²) in [5, 5.41) is 2.01. The zero-order chi connectivity index (χ0) is 13.1. The lowest BCUT2D eigenvalue weighted by molar-refractivity contribution is -0.117. The first kappa shape index (κ1) is 12.5. The Morgan fingerprint density at radius 1 is 1.06 bits per heavy atom. The minimum atomic E-state index is -0.256. The van der Waals surface area contributed by atoms with Gasteiger partial charge >= 0.3 is 0 Å².